The molecule has 0 radical (unpaired) electrons. The minimum atomic E-state index is -0.0448. The Balaban J connectivity index is 1.30. The van der Waals surface area contributed by atoms with Crippen LogP contribution in [0.15, 0.2) is 30.3 Å². The molecular weight excluding hydrogens is 342 g/mol. The van der Waals surface area contributed by atoms with Crippen LogP contribution in [0.4, 0.5) is 4.79 Å². The summed E-state index contributed by atoms with van der Waals surface area (Å²) in [5.74, 6) is 1.18. The molecule has 148 valence electrons. The maximum atomic E-state index is 12.3. The molecule has 2 fully saturated rings. The van der Waals surface area contributed by atoms with Gasteiger partial charge in [-0.3, -0.25) is 4.79 Å². The van der Waals surface area contributed by atoms with Crippen LogP contribution >= 0.6 is 0 Å². The lowest BCUT2D eigenvalue weighted by atomic mass is 9.95. The third-order valence-corrected chi connectivity index (χ3v) is 5.56. The number of likely N-dealkylation sites (tertiary alicyclic amines) is 1. The highest BCUT2D eigenvalue weighted by atomic mass is 16.5. The number of piperidine rings is 1. The molecule has 0 aromatic heterocycles. The molecular formula is C21H31N3O3. The van der Waals surface area contributed by atoms with Gasteiger partial charge in [-0.2, -0.15) is 0 Å². The summed E-state index contributed by atoms with van der Waals surface area (Å²) in [5.41, 5.74) is 0. The van der Waals surface area contributed by atoms with Gasteiger partial charge in [0.25, 0.3) is 5.91 Å². The summed E-state index contributed by atoms with van der Waals surface area (Å²) in [5, 5.41) is 6.10. The molecule has 0 atom stereocenters. The number of hydrogen-bond acceptors (Lipinski definition) is 3. The van der Waals surface area contributed by atoms with E-state index in [2.05, 4.69) is 10.6 Å². The van der Waals surface area contributed by atoms with E-state index < -0.39 is 0 Å². The Morgan fingerprint density at radius 2 is 1.70 bits per heavy atom. The molecule has 0 spiro atoms. The lowest BCUT2D eigenvalue weighted by molar-refractivity contribution is -0.134. The zero-order valence-corrected chi connectivity index (χ0v) is 16.0. The summed E-state index contributed by atoms with van der Waals surface area (Å²) < 4.78 is 5.54. The van der Waals surface area contributed by atoms with Crippen molar-refractivity contribution >= 4 is 11.9 Å². The van der Waals surface area contributed by atoms with E-state index in [0.717, 1.165) is 38.8 Å². The van der Waals surface area contributed by atoms with Crippen LogP contribution in [0, 0.1) is 5.92 Å². The second-order valence-electron chi connectivity index (χ2n) is 7.62. The number of rotatable bonds is 6. The van der Waals surface area contributed by atoms with Crippen molar-refractivity contribution in [3.63, 3.8) is 0 Å². The highest BCUT2D eigenvalue weighted by Crippen LogP contribution is 2.18. The lowest BCUT2D eigenvalue weighted by Crippen LogP contribution is -2.46. The van der Waals surface area contributed by atoms with E-state index in [1.54, 1.807) is 0 Å². The van der Waals surface area contributed by atoms with E-state index in [1.807, 2.05) is 35.2 Å². The third kappa shape index (κ3) is 6.45. The number of hydrogen-bond donors (Lipinski definition) is 2. The van der Waals surface area contributed by atoms with Gasteiger partial charge < -0.3 is 20.3 Å². The fraction of sp³-hybridized carbons (Fsp3) is 0.619. The quantitative estimate of drug-likeness (QED) is 0.805. The van der Waals surface area contributed by atoms with Crippen molar-refractivity contribution in [1.29, 1.82) is 0 Å². The third-order valence-electron chi connectivity index (χ3n) is 5.56. The van der Waals surface area contributed by atoms with Crippen molar-refractivity contribution in [2.75, 3.05) is 26.2 Å². The number of nitrogens with one attached hydrogen (secondary N) is 2. The largest absolute Gasteiger partial charge is 0.484 e. The number of nitrogens with zero attached hydrogens (tertiary/aromatic N) is 1. The Labute approximate surface area is 161 Å². The molecule has 1 aliphatic heterocycles. The highest BCUT2D eigenvalue weighted by molar-refractivity contribution is 5.78. The molecule has 1 aromatic carbocycles. The molecule has 6 nitrogen and oxygen atoms in total. The van der Waals surface area contributed by atoms with Gasteiger partial charge in [0.2, 0.25) is 0 Å². The normalized spacial score (nSPS) is 18.7. The number of carbonyl (C=O) groups is 2. The minimum absolute atomic E-state index is 0.0281. The van der Waals surface area contributed by atoms with Crippen LogP contribution in [0.25, 0.3) is 0 Å². The number of carbonyl (C=O) groups excluding carboxylic acids is 2. The Morgan fingerprint density at radius 1 is 1.00 bits per heavy atom. The van der Waals surface area contributed by atoms with E-state index in [9.17, 15) is 9.59 Å². The molecule has 0 unspecified atom stereocenters. The van der Waals surface area contributed by atoms with Gasteiger partial charge in [-0.05, 0) is 43.7 Å². The highest BCUT2D eigenvalue weighted by Gasteiger charge is 2.24. The smallest absolute Gasteiger partial charge is 0.315 e. The van der Waals surface area contributed by atoms with Gasteiger partial charge in [-0.25, -0.2) is 4.79 Å². The zero-order chi connectivity index (χ0) is 18.9. The predicted octanol–water partition coefficient (Wildman–Crippen LogP) is 2.94. The summed E-state index contributed by atoms with van der Waals surface area (Å²) in [6, 6.07) is 9.70. The van der Waals surface area contributed by atoms with Gasteiger partial charge in [0.1, 0.15) is 5.75 Å². The molecule has 6 heteroatoms. The van der Waals surface area contributed by atoms with Crippen LogP contribution in [0.3, 0.4) is 0 Å². The summed E-state index contributed by atoms with van der Waals surface area (Å²) in [6.07, 6.45) is 7.74. The van der Waals surface area contributed by atoms with Crippen molar-refractivity contribution in [3.05, 3.63) is 30.3 Å². The number of para-hydroxylation sites is 1. The maximum Gasteiger partial charge on any atom is 0.315 e. The standard InChI is InChI=1S/C21H31N3O3/c25-20(16-27-19-9-5-2-6-10-19)24-13-11-17(12-14-24)15-22-21(26)23-18-7-3-1-4-8-18/h2,5-6,9-10,17-18H,1,3-4,7-8,11-16H2,(H2,22,23,26). The molecule has 2 aliphatic rings. The average Bonchev–Trinajstić information content (AvgIpc) is 2.72. The fourth-order valence-corrected chi connectivity index (χ4v) is 3.86. The number of urea groups is 1. The predicted molar refractivity (Wildman–Crippen MR) is 105 cm³/mol. The summed E-state index contributed by atoms with van der Waals surface area (Å²) in [7, 11) is 0. The Morgan fingerprint density at radius 3 is 2.41 bits per heavy atom. The van der Waals surface area contributed by atoms with Crippen molar-refractivity contribution in [2.45, 2.75) is 51.0 Å². The van der Waals surface area contributed by atoms with Crippen LogP contribution in [0.1, 0.15) is 44.9 Å². The second-order valence-corrected chi connectivity index (χ2v) is 7.62. The zero-order valence-electron chi connectivity index (χ0n) is 16.0. The van der Waals surface area contributed by atoms with Crippen LogP contribution in [0.5, 0.6) is 5.75 Å². The van der Waals surface area contributed by atoms with E-state index in [-0.39, 0.29) is 18.5 Å². The average molecular weight is 373 g/mol. The summed E-state index contributed by atoms with van der Waals surface area (Å²) in [4.78, 5) is 26.2. The van der Waals surface area contributed by atoms with E-state index in [0.29, 0.717) is 24.3 Å². The molecule has 3 rings (SSSR count). The van der Waals surface area contributed by atoms with Crippen LogP contribution in [-0.4, -0.2) is 49.1 Å². The van der Waals surface area contributed by atoms with Gasteiger partial charge in [-0.15, -0.1) is 0 Å². The first-order valence-electron chi connectivity index (χ1n) is 10.2. The van der Waals surface area contributed by atoms with E-state index in [1.165, 1.54) is 19.3 Å². The minimum Gasteiger partial charge on any atom is -0.484 e. The van der Waals surface area contributed by atoms with E-state index >= 15 is 0 Å². The molecule has 1 heterocycles. The van der Waals surface area contributed by atoms with Crippen molar-refractivity contribution in [2.24, 2.45) is 5.92 Å². The monoisotopic (exact) mass is 373 g/mol. The van der Waals surface area contributed by atoms with Gasteiger partial charge in [0, 0.05) is 25.7 Å². The first-order chi connectivity index (χ1) is 13.2. The Bertz CT molecular complexity index is 594. The van der Waals surface area contributed by atoms with Crippen molar-refractivity contribution in [3.8, 4) is 5.75 Å². The first-order valence-corrected chi connectivity index (χ1v) is 10.2. The molecule has 1 aromatic rings. The molecule has 1 saturated heterocycles. The van der Waals surface area contributed by atoms with Crippen LogP contribution in [0.2, 0.25) is 0 Å². The van der Waals surface area contributed by atoms with Crippen molar-refractivity contribution < 1.29 is 14.3 Å². The SMILES string of the molecule is O=C(NCC1CCN(C(=O)COc2ccccc2)CC1)NC1CCCCC1. The molecule has 1 aliphatic carbocycles. The Hall–Kier alpha value is -2.24. The summed E-state index contributed by atoms with van der Waals surface area (Å²) in [6.45, 7) is 2.22. The summed E-state index contributed by atoms with van der Waals surface area (Å²) >= 11 is 0. The Kier molecular flexibility index (Phi) is 7.36. The van der Waals surface area contributed by atoms with Crippen LogP contribution in [-0.2, 0) is 4.79 Å². The van der Waals surface area contributed by atoms with Gasteiger partial charge >= 0.3 is 6.03 Å². The molecule has 0 bridgehead atoms. The van der Waals surface area contributed by atoms with Gasteiger partial charge in [0.05, 0.1) is 0 Å². The van der Waals surface area contributed by atoms with Crippen molar-refractivity contribution in [1.82, 2.24) is 15.5 Å². The van der Waals surface area contributed by atoms with Gasteiger partial charge in [-0.1, -0.05) is 37.5 Å². The lowest BCUT2D eigenvalue weighted by Gasteiger charge is -2.32. The molecule has 1 saturated carbocycles. The number of ether oxygens (including phenoxy) is 1. The molecule has 27 heavy (non-hydrogen) atoms. The topological polar surface area (TPSA) is 70.7 Å². The maximum absolute atomic E-state index is 12.3. The second kappa shape index (κ2) is 10.2. The number of amides is 3. The molecule has 3 amide bonds. The first kappa shape index (κ1) is 19.5. The number of benzene rings is 1. The molecule has 2 N–H and O–H groups in total. The van der Waals surface area contributed by atoms with Crippen LogP contribution < -0.4 is 15.4 Å². The fourth-order valence-electron chi connectivity index (χ4n) is 3.86. The van der Waals surface area contributed by atoms with Gasteiger partial charge in [0.15, 0.2) is 6.61 Å². The van der Waals surface area contributed by atoms with E-state index in [4.69, 9.17) is 4.74 Å².